The van der Waals surface area contributed by atoms with Crippen molar-refractivity contribution < 1.29 is 4.11 Å². The van der Waals surface area contributed by atoms with Crippen molar-refractivity contribution in [3.8, 4) is 0 Å². The molecule has 0 amide bonds. The number of rotatable bonds is 0. The van der Waals surface area contributed by atoms with E-state index >= 15 is 0 Å². The van der Waals surface area contributed by atoms with Crippen molar-refractivity contribution in [3.05, 3.63) is 28.8 Å². The molecule has 54 valence electrons. The number of anilines is 1. The van der Waals surface area contributed by atoms with E-state index in [9.17, 15) is 0 Å². The summed E-state index contributed by atoms with van der Waals surface area (Å²) in [5.74, 6) is 0. The van der Waals surface area contributed by atoms with Crippen molar-refractivity contribution in [2.75, 3.05) is 5.73 Å². The van der Waals surface area contributed by atoms with Crippen LogP contribution in [0.3, 0.4) is 0 Å². The van der Waals surface area contributed by atoms with Crippen molar-refractivity contribution >= 4 is 5.69 Å². The molecule has 1 nitrogen and oxygen atoms in total. The molecule has 0 bridgehead atoms. The molecule has 10 heavy (non-hydrogen) atoms. The van der Waals surface area contributed by atoms with E-state index in [1.165, 1.54) is 0 Å². The van der Waals surface area contributed by atoms with Gasteiger partial charge in [-0.3, -0.25) is 0 Å². The molecule has 1 heteroatoms. The van der Waals surface area contributed by atoms with Gasteiger partial charge >= 0.3 is 0 Å². The number of hydrogen-bond donors (Lipinski definition) is 1. The third-order valence-corrected chi connectivity index (χ3v) is 1.59. The highest BCUT2D eigenvalue weighted by molar-refractivity contribution is 5.54. The highest BCUT2D eigenvalue weighted by atomic mass is 14.6. The fraction of sp³-hybridized carbons (Fsp3) is 0.333. The molecule has 0 saturated heterocycles. The lowest BCUT2D eigenvalue weighted by Gasteiger charge is -2.04. The topological polar surface area (TPSA) is 26.0 Å². The Bertz CT molecular complexity index is 305. The number of hydrogen-bond acceptors (Lipinski definition) is 1. The zero-order chi connectivity index (χ0) is 10.2. The van der Waals surface area contributed by atoms with Gasteiger partial charge in [0, 0.05) is 9.80 Å². The largest absolute Gasteiger partial charge is 0.398 e. The van der Waals surface area contributed by atoms with E-state index in [1.807, 2.05) is 13.8 Å². The Morgan fingerprint density at radius 2 is 1.80 bits per heavy atom. The summed E-state index contributed by atoms with van der Waals surface area (Å²) in [5, 5.41) is 0. The minimum absolute atomic E-state index is 0.358. The fourth-order valence-corrected chi connectivity index (χ4v) is 0.975. The molecule has 1 aromatic carbocycles. The van der Waals surface area contributed by atoms with E-state index in [2.05, 4.69) is 0 Å². The third kappa shape index (κ3) is 1.13. The van der Waals surface area contributed by atoms with Crippen LogP contribution in [0.1, 0.15) is 20.8 Å². The van der Waals surface area contributed by atoms with Gasteiger partial charge in [-0.25, -0.2) is 0 Å². The molecule has 0 aliphatic carbocycles. The average Bonchev–Trinajstić information content (AvgIpc) is 1.97. The Labute approximate surface area is 66.1 Å². The Morgan fingerprint density at radius 3 is 2.20 bits per heavy atom. The predicted molar refractivity (Wildman–Crippen MR) is 45.1 cm³/mol. The molecule has 1 aromatic rings. The van der Waals surface area contributed by atoms with E-state index in [-0.39, 0.29) is 0 Å². The molecule has 1 rings (SSSR count). The normalized spacial score (nSPS) is 15.6. The summed E-state index contributed by atoms with van der Waals surface area (Å²) in [4.78, 5) is 0. The second-order valence-electron chi connectivity index (χ2n) is 2.52. The van der Waals surface area contributed by atoms with Crippen LogP contribution in [0.25, 0.3) is 0 Å². The van der Waals surface area contributed by atoms with Crippen LogP contribution in [0.15, 0.2) is 12.1 Å². The minimum atomic E-state index is -2.04. The summed E-state index contributed by atoms with van der Waals surface area (Å²) in [6.07, 6.45) is 0. The monoisotopic (exact) mass is 138 g/mol. The summed E-state index contributed by atoms with van der Waals surface area (Å²) >= 11 is 0. The molecule has 0 saturated carbocycles. The quantitative estimate of drug-likeness (QED) is 0.546. The van der Waals surface area contributed by atoms with E-state index < -0.39 is 6.85 Å². The van der Waals surface area contributed by atoms with Crippen LogP contribution in [0.5, 0.6) is 0 Å². The maximum atomic E-state index is 7.23. The molecule has 0 aromatic heterocycles. The number of aryl methyl sites for hydroxylation is 3. The van der Waals surface area contributed by atoms with E-state index in [0.717, 1.165) is 11.1 Å². The first-order valence-corrected chi connectivity index (χ1v) is 3.19. The predicted octanol–water partition coefficient (Wildman–Crippen LogP) is 2.19. The maximum absolute atomic E-state index is 7.23. The summed E-state index contributed by atoms with van der Waals surface area (Å²) in [7, 11) is 0. The lowest BCUT2D eigenvalue weighted by atomic mass is 10.1. The van der Waals surface area contributed by atoms with Crippen molar-refractivity contribution in [3.63, 3.8) is 0 Å². The Balaban J connectivity index is 3.29. The molecule has 0 spiro atoms. The minimum Gasteiger partial charge on any atom is -0.398 e. The summed E-state index contributed by atoms with van der Waals surface area (Å²) in [6.45, 7) is 1.60. The van der Waals surface area contributed by atoms with Gasteiger partial charge in [0.15, 0.2) is 0 Å². The number of nitrogen functional groups attached to an aromatic ring is 1. The van der Waals surface area contributed by atoms with Crippen molar-refractivity contribution in [2.45, 2.75) is 20.7 Å². The molecule has 0 aliphatic rings. The van der Waals surface area contributed by atoms with Crippen LogP contribution in [0, 0.1) is 20.7 Å². The van der Waals surface area contributed by atoms with E-state index in [4.69, 9.17) is 9.85 Å². The fourth-order valence-electron chi connectivity index (χ4n) is 0.975. The maximum Gasteiger partial charge on any atom is 0.0373 e. The third-order valence-electron chi connectivity index (χ3n) is 1.59. The Kier molecular flexibility index (Phi) is 0.936. The lowest BCUT2D eigenvalue weighted by Crippen LogP contribution is -1.93. The van der Waals surface area contributed by atoms with Gasteiger partial charge in [-0.1, -0.05) is 17.7 Å². The first-order valence-electron chi connectivity index (χ1n) is 4.69. The summed E-state index contributed by atoms with van der Waals surface area (Å²) in [6, 6.07) is 3.24. The van der Waals surface area contributed by atoms with Gasteiger partial charge in [0.25, 0.3) is 0 Å². The van der Waals surface area contributed by atoms with Gasteiger partial charge in [-0.15, -0.1) is 0 Å². The second-order valence-corrected chi connectivity index (χ2v) is 2.52. The Hall–Kier alpha value is -0.980. The number of benzene rings is 1. The molecular weight excluding hydrogens is 122 g/mol. The van der Waals surface area contributed by atoms with Crippen LogP contribution in [-0.2, 0) is 0 Å². The van der Waals surface area contributed by atoms with Crippen LogP contribution >= 0.6 is 0 Å². The van der Waals surface area contributed by atoms with E-state index in [0.29, 0.717) is 11.3 Å². The molecular formula is C9H13N. The van der Waals surface area contributed by atoms with Crippen molar-refractivity contribution in [2.24, 2.45) is 0 Å². The van der Waals surface area contributed by atoms with Crippen LogP contribution < -0.4 is 5.73 Å². The van der Waals surface area contributed by atoms with Crippen LogP contribution in [-0.4, -0.2) is 0 Å². The average molecular weight is 138 g/mol. The van der Waals surface area contributed by atoms with E-state index in [1.54, 1.807) is 12.1 Å². The molecule has 0 radical (unpaired) electrons. The molecule has 2 N–H and O–H groups in total. The van der Waals surface area contributed by atoms with Crippen LogP contribution in [0.2, 0.25) is 0 Å². The second kappa shape index (κ2) is 2.33. The summed E-state index contributed by atoms with van der Waals surface area (Å²) in [5.41, 5.74) is 8.39. The summed E-state index contributed by atoms with van der Waals surface area (Å²) < 4.78 is 21.7. The zero-order valence-electron chi connectivity index (χ0n) is 9.23. The molecule has 0 heterocycles. The molecule has 0 fully saturated rings. The van der Waals surface area contributed by atoms with Gasteiger partial charge in [0.2, 0.25) is 0 Å². The SMILES string of the molecule is [2H]C([2H])([2H])c1cc(C)c(N)c(C)c1. The molecule has 0 atom stereocenters. The van der Waals surface area contributed by atoms with Gasteiger partial charge in [0.1, 0.15) is 0 Å². The number of nitrogens with two attached hydrogens (primary N) is 1. The van der Waals surface area contributed by atoms with Crippen LogP contribution in [0.4, 0.5) is 5.69 Å². The first-order chi connectivity index (χ1) is 5.82. The zero-order valence-corrected chi connectivity index (χ0v) is 6.23. The van der Waals surface area contributed by atoms with Gasteiger partial charge in [0.05, 0.1) is 0 Å². The van der Waals surface area contributed by atoms with Gasteiger partial charge < -0.3 is 5.73 Å². The highest BCUT2D eigenvalue weighted by Gasteiger charge is 1.96. The molecule has 0 aliphatic heterocycles. The van der Waals surface area contributed by atoms with Gasteiger partial charge in [-0.05, 0) is 31.8 Å². The van der Waals surface area contributed by atoms with Crippen molar-refractivity contribution in [1.82, 2.24) is 0 Å². The Morgan fingerprint density at radius 1 is 1.30 bits per heavy atom. The standard InChI is InChI=1S/C9H13N/c1-6-4-7(2)9(10)8(3)5-6/h4-5H,10H2,1-3H3/i1D3. The smallest absolute Gasteiger partial charge is 0.0373 e. The van der Waals surface area contributed by atoms with Crippen molar-refractivity contribution in [1.29, 1.82) is 0 Å². The molecule has 0 unspecified atom stereocenters. The first kappa shape index (κ1) is 4.02. The van der Waals surface area contributed by atoms with Gasteiger partial charge in [-0.2, -0.15) is 0 Å². The lowest BCUT2D eigenvalue weighted by molar-refractivity contribution is 1.33. The highest BCUT2D eigenvalue weighted by Crippen LogP contribution is 2.17.